The van der Waals surface area contributed by atoms with E-state index in [2.05, 4.69) is 10.4 Å². The summed E-state index contributed by atoms with van der Waals surface area (Å²) in [5.74, 6) is -0.150. The van der Waals surface area contributed by atoms with Crippen molar-refractivity contribution in [1.29, 1.82) is 0 Å². The molecule has 0 aliphatic rings. The Balaban J connectivity index is 1.76. The molecule has 1 amide bonds. The third-order valence-electron chi connectivity index (χ3n) is 3.71. The zero-order valence-corrected chi connectivity index (χ0v) is 13.5. The molecule has 0 aliphatic carbocycles. The first-order valence-corrected chi connectivity index (χ1v) is 7.56. The van der Waals surface area contributed by atoms with Crippen molar-refractivity contribution in [3.8, 4) is 11.3 Å². The Morgan fingerprint density at radius 3 is 2.25 bits per heavy atom. The topological polar surface area (TPSA) is 64.0 Å². The molecule has 5 nitrogen and oxygen atoms in total. The van der Waals surface area contributed by atoms with Gasteiger partial charge in [-0.25, -0.2) is 4.68 Å². The largest absolute Gasteiger partial charge is 0.322 e. The summed E-state index contributed by atoms with van der Waals surface area (Å²) in [5.41, 5.74) is 3.85. The van der Waals surface area contributed by atoms with E-state index >= 15 is 0 Å². The number of carbonyl (C=O) groups excluding carboxylic acids is 1. The van der Waals surface area contributed by atoms with E-state index in [1.807, 2.05) is 43.3 Å². The lowest BCUT2D eigenvalue weighted by atomic mass is 10.1. The monoisotopic (exact) mass is 319 g/mol. The molecular formula is C19H17N3O2. The Labute approximate surface area is 139 Å². The minimum Gasteiger partial charge on any atom is -0.322 e. The molecule has 2 aromatic carbocycles. The number of aromatic nitrogens is 2. The van der Waals surface area contributed by atoms with E-state index in [9.17, 15) is 9.59 Å². The number of hydrogen-bond donors (Lipinski definition) is 1. The molecule has 0 saturated heterocycles. The molecule has 1 N–H and O–H groups in total. The highest BCUT2D eigenvalue weighted by Crippen LogP contribution is 2.19. The number of benzene rings is 2. The second kappa shape index (κ2) is 6.50. The first-order valence-electron chi connectivity index (χ1n) is 7.56. The van der Waals surface area contributed by atoms with Crippen molar-refractivity contribution in [2.24, 2.45) is 7.05 Å². The molecule has 0 bridgehead atoms. The summed E-state index contributed by atoms with van der Waals surface area (Å²) < 4.78 is 1.29. The second-order valence-electron chi connectivity index (χ2n) is 5.58. The van der Waals surface area contributed by atoms with E-state index in [4.69, 9.17) is 0 Å². The number of amides is 1. The highest BCUT2D eigenvalue weighted by Gasteiger charge is 2.06. The molecule has 0 saturated carbocycles. The number of nitrogens with one attached hydrogen (secondary N) is 1. The van der Waals surface area contributed by atoms with Crippen molar-refractivity contribution in [3.63, 3.8) is 0 Å². The maximum atomic E-state index is 12.2. The summed E-state index contributed by atoms with van der Waals surface area (Å²) in [6.45, 7) is 1.98. The van der Waals surface area contributed by atoms with Gasteiger partial charge in [0.15, 0.2) is 0 Å². The van der Waals surface area contributed by atoms with Crippen LogP contribution in [-0.4, -0.2) is 15.7 Å². The summed E-state index contributed by atoms with van der Waals surface area (Å²) in [7, 11) is 1.61. The second-order valence-corrected chi connectivity index (χ2v) is 5.58. The van der Waals surface area contributed by atoms with Crippen molar-refractivity contribution >= 4 is 11.6 Å². The zero-order chi connectivity index (χ0) is 17.1. The fourth-order valence-electron chi connectivity index (χ4n) is 2.29. The molecule has 0 spiro atoms. The van der Waals surface area contributed by atoms with Crippen LogP contribution in [0.25, 0.3) is 11.3 Å². The lowest BCUT2D eigenvalue weighted by molar-refractivity contribution is 0.102. The fourth-order valence-corrected chi connectivity index (χ4v) is 2.29. The van der Waals surface area contributed by atoms with E-state index in [0.717, 1.165) is 11.1 Å². The predicted octanol–water partition coefficient (Wildman–Crippen LogP) is 3.01. The Kier molecular flexibility index (Phi) is 4.24. The number of rotatable bonds is 3. The van der Waals surface area contributed by atoms with Crippen molar-refractivity contribution < 1.29 is 4.79 Å². The minimum atomic E-state index is -0.152. The molecule has 0 atom stereocenters. The summed E-state index contributed by atoms with van der Waals surface area (Å²) in [4.78, 5) is 23.6. The maximum Gasteiger partial charge on any atom is 0.266 e. The summed E-state index contributed by atoms with van der Waals surface area (Å²) in [5, 5.41) is 7.07. The quantitative estimate of drug-likeness (QED) is 0.807. The lowest BCUT2D eigenvalue weighted by Crippen LogP contribution is -2.18. The lowest BCUT2D eigenvalue weighted by Gasteiger charge is -2.07. The molecule has 3 rings (SSSR count). The van der Waals surface area contributed by atoms with Crippen molar-refractivity contribution in [3.05, 3.63) is 82.1 Å². The average Bonchev–Trinajstić information content (AvgIpc) is 2.58. The molecule has 0 aliphatic heterocycles. The SMILES string of the molecule is Cc1ccc(C(=O)Nc2ccc(-c3ccc(=O)n(C)n3)cc2)cc1. The number of anilines is 1. The molecule has 1 heterocycles. The summed E-state index contributed by atoms with van der Waals surface area (Å²) in [6, 6.07) is 17.9. The van der Waals surface area contributed by atoms with Crippen LogP contribution in [0, 0.1) is 6.92 Å². The molecule has 0 fully saturated rings. The van der Waals surface area contributed by atoms with Crippen LogP contribution < -0.4 is 10.9 Å². The van der Waals surface area contributed by atoms with Gasteiger partial charge >= 0.3 is 0 Å². The van der Waals surface area contributed by atoms with Crippen LogP contribution in [0.1, 0.15) is 15.9 Å². The molecule has 3 aromatic rings. The standard InChI is InChI=1S/C19H17N3O2/c1-13-3-5-15(6-4-13)19(24)20-16-9-7-14(8-10-16)17-11-12-18(23)22(2)21-17/h3-12H,1-2H3,(H,20,24). The number of nitrogens with zero attached hydrogens (tertiary/aromatic N) is 2. The molecule has 24 heavy (non-hydrogen) atoms. The van der Waals surface area contributed by atoms with E-state index in [1.54, 1.807) is 25.2 Å². The van der Waals surface area contributed by atoms with Gasteiger partial charge < -0.3 is 5.32 Å². The van der Waals surface area contributed by atoms with Crippen LogP contribution in [0.4, 0.5) is 5.69 Å². The molecule has 120 valence electrons. The molecule has 5 heteroatoms. The first kappa shape index (κ1) is 15.7. The fraction of sp³-hybridized carbons (Fsp3) is 0.105. The van der Waals surface area contributed by atoms with Crippen LogP contribution in [-0.2, 0) is 7.05 Å². The highest BCUT2D eigenvalue weighted by molar-refractivity contribution is 6.04. The van der Waals surface area contributed by atoms with Crippen LogP contribution in [0.2, 0.25) is 0 Å². The Hall–Kier alpha value is -3.21. The van der Waals surface area contributed by atoms with Gasteiger partial charge in [-0.2, -0.15) is 5.10 Å². The number of carbonyl (C=O) groups is 1. The van der Waals surface area contributed by atoms with Gasteiger partial charge in [-0.05, 0) is 37.3 Å². The summed E-state index contributed by atoms with van der Waals surface area (Å²) >= 11 is 0. The smallest absolute Gasteiger partial charge is 0.266 e. The molecule has 1 aromatic heterocycles. The molecular weight excluding hydrogens is 302 g/mol. The van der Waals surface area contributed by atoms with Gasteiger partial charge in [-0.15, -0.1) is 0 Å². The van der Waals surface area contributed by atoms with Gasteiger partial charge in [0.25, 0.3) is 11.5 Å². The van der Waals surface area contributed by atoms with Crippen LogP contribution in [0.15, 0.2) is 65.5 Å². The van der Waals surface area contributed by atoms with E-state index in [0.29, 0.717) is 16.9 Å². The maximum absolute atomic E-state index is 12.2. The highest BCUT2D eigenvalue weighted by atomic mass is 16.1. The van der Waals surface area contributed by atoms with Gasteiger partial charge in [0.05, 0.1) is 5.69 Å². The Bertz CT molecular complexity index is 926. The third-order valence-corrected chi connectivity index (χ3v) is 3.71. The zero-order valence-electron chi connectivity index (χ0n) is 13.5. The Morgan fingerprint density at radius 2 is 1.62 bits per heavy atom. The van der Waals surface area contributed by atoms with Gasteiger partial charge in [0.1, 0.15) is 0 Å². The van der Waals surface area contributed by atoms with E-state index in [1.165, 1.54) is 10.7 Å². The van der Waals surface area contributed by atoms with Crippen LogP contribution in [0.5, 0.6) is 0 Å². The Morgan fingerprint density at radius 1 is 0.958 bits per heavy atom. The van der Waals surface area contributed by atoms with Crippen molar-refractivity contribution in [1.82, 2.24) is 9.78 Å². The molecule has 0 radical (unpaired) electrons. The van der Waals surface area contributed by atoms with Crippen LogP contribution >= 0.6 is 0 Å². The normalized spacial score (nSPS) is 10.4. The van der Waals surface area contributed by atoms with Gasteiger partial charge in [-0.1, -0.05) is 29.8 Å². The predicted molar refractivity (Wildman–Crippen MR) is 94.0 cm³/mol. The third kappa shape index (κ3) is 3.41. The first-order chi connectivity index (χ1) is 11.5. The number of hydrogen-bond acceptors (Lipinski definition) is 3. The average molecular weight is 319 g/mol. The van der Waals surface area contributed by atoms with E-state index in [-0.39, 0.29) is 11.5 Å². The van der Waals surface area contributed by atoms with Crippen molar-refractivity contribution in [2.75, 3.05) is 5.32 Å². The summed E-state index contributed by atoms with van der Waals surface area (Å²) in [6.07, 6.45) is 0. The van der Waals surface area contributed by atoms with Gasteiger partial charge in [-0.3, -0.25) is 9.59 Å². The van der Waals surface area contributed by atoms with Crippen LogP contribution in [0.3, 0.4) is 0 Å². The number of aryl methyl sites for hydroxylation is 2. The van der Waals surface area contributed by atoms with Crippen molar-refractivity contribution in [2.45, 2.75) is 6.92 Å². The van der Waals surface area contributed by atoms with E-state index < -0.39 is 0 Å². The minimum absolute atomic E-state index is 0.150. The van der Waals surface area contributed by atoms with Gasteiger partial charge in [0.2, 0.25) is 0 Å². The molecule has 0 unspecified atom stereocenters. The van der Waals surface area contributed by atoms with Gasteiger partial charge in [0, 0.05) is 29.9 Å².